The Balaban J connectivity index is 1.60. The summed E-state index contributed by atoms with van der Waals surface area (Å²) in [6.07, 6.45) is 0. The summed E-state index contributed by atoms with van der Waals surface area (Å²) in [6.45, 7) is 7.40. The molecule has 1 saturated heterocycles. The molecular formula is C22H26FN3O4. The van der Waals surface area contributed by atoms with E-state index in [4.69, 9.17) is 4.74 Å². The first-order chi connectivity index (χ1) is 14.2. The molecule has 0 N–H and O–H groups in total. The smallest absolute Gasteiger partial charge is 0.311 e. The Morgan fingerprint density at radius 2 is 1.87 bits per heavy atom. The van der Waals surface area contributed by atoms with Crippen molar-refractivity contribution in [1.29, 1.82) is 0 Å². The van der Waals surface area contributed by atoms with Crippen molar-refractivity contribution >= 4 is 11.6 Å². The molecule has 0 aromatic heterocycles. The molecule has 8 heteroatoms. The van der Waals surface area contributed by atoms with Crippen molar-refractivity contribution in [1.82, 2.24) is 9.80 Å². The fourth-order valence-corrected chi connectivity index (χ4v) is 3.70. The highest BCUT2D eigenvalue weighted by Gasteiger charge is 2.32. The third-order valence-corrected chi connectivity index (χ3v) is 5.40. The lowest BCUT2D eigenvalue weighted by Gasteiger charge is -2.44. The number of carbonyl (C=O) groups excluding carboxylic acids is 1. The molecule has 1 amide bonds. The fourth-order valence-electron chi connectivity index (χ4n) is 3.70. The van der Waals surface area contributed by atoms with Crippen LogP contribution in [0.4, 0.5) is 10.1 Å². The number of ether oxygens (including phenoxy) is 1. The van der Waals surface area contributed by atoms with Gasteiger partial charge in [0.25, 0.3) is 5.91 Å². The Kier molecular flexibility index (Phi) is 6.66. The van der Waals surface area contributed by atoms with Crippen LogP contribution in [0.25, 0.3) is 0 Å². The number of piperazine rings is 1. The Labute approximate surface area is 175 Å². The van der Waals surface area contributed by atoms with Gasteiger partial charge in [-0.15, -0.1) is 0 Å². The molecule has 0 aliphatic carbocycles. The average molecular weight is 415 g/mol. The molecular weight excluding hydrogens is 389 g/mol. The van der Waals surface area contributed by atoms with Crippen LogP contribution < -0.4 is 4.74 Å². The largest absolute Gasteiger partial charge is 0.477 e. The van der Waals surface area contributed by atoms with E-state index >= 15 is 0 Å². The second-order valence-electron chi connectivity index (χ2n) is 7.82. The molecule has 1 heterocycles. The van der Waals surface area contributed by atoms with Gasteiger partial charge in [0, 0.05) is 37.8 Å². The Morgan fingerprint density at radius 1 is 1.17 bits per heavy atom. The predicted octanol–water partition coefficient (Wildman–Crippen LogP) is 3.54. The number of hydrogen-bond donors (Lipinski definition) is 0. The van der Waals surface area contributed by atoms with E-state index in [1.807, 2.05) is 13.8 Å². The van der Waals surface area contributed by atoms with Crippen molar-refractivity contribution < 1.29 is 18.8 Å². The quantitative estimate of drug-likeness (QED) is 0.533. The maximum Gasteiger partial charge on any atom is 0.311 e. The molecule has 2 aromatic carbocycles. The normalized spacial score (nSPS) is 19.5. The van der Waals surface area contributed by atoms with Gasteiger partial charge in [0.2, 0.25) is 0 Å². The summed E-state index contributed by atoms with van der Waals surface area (Å²) in [4.78, 5) is 27.5. The van der Waals surface area contributed by atoms with Gasteiger partial charge in [0.15, 0.2) is 12.4 Å². The average Bonchev–Trinajstić information content (AvgIpc) is 2.70. The maximum atomic E-state index is 13.1. The van der Waals surface area contributed by atoms with Crippen LogP contribution in [0.5, 0.6) is 5.75 Å². The van der Waals surface area contributed by atoms with Crippen LogP contribution in [0.15, 0.2) is 42.5 Å². The number of carbonyl (C=O) groups is 1. The summed E-state index contributed by atoms with van der Waals surface area (Å²) in [5, 5.41) is 11.2. The SMILES string of the molecule is Cc1ccc(OCC(=O)N2CC(C)N(Cc3ccc(F)cc3)CC2C)c([N+](=O)[O-])c1. The van der Waals surface area contributed by atoms with Crippen LogP contribution in [0, 0.1) is 22.9 Å². The first-order valence-corrected chi connectivity index (χ1v) is 9.90. The van der Waals surface area contributed by atoms with Gasteiger partial charge < -0.3 is 9.64 Å². The number of benzene rings is 2. The number of nitrogens with zero attached hydrogens (tertiary/aromatic N) is 3. The van der Waals surface area contributed by atoms with Crippen LogP contribution >= 0.6 is 0 Å². The molecule has 1 aliphatic heterocycles. The molecule has 2 atom stereocenters. The van der Waals surface area contributed by atoms with Crippen molar-refractivity contribution in [3.05, 3.63) is 69.5 Å². The molecule has 0 spiro atoms. The first kappa shape index (κ1) is 21.7. The minimum atomic E-state index is -0.508. The molecule has 0 saturated carbocycles. The summed E-state index contributed by atoms with van der Waals surface area (Å²) in [7, 11) is 0. The first-order valence-electron chi connectivity index (χ1n) is 9.90. The van der Waals surface area contributed by atoms with Crippen molar-refractivity contribution in [2.75, 3.05) is 19.7 Å². The van der Waals surface area contributed by atoms with E-state index in [2.05, 4.69) is 4.90 Å². The number of halogens is 1. The Morgan fingerprint density at radius 3 is 2.53 bits per heavy atom. The molecule has 2 aromatic rings. The summed E-state index contributed by atoms with van der Waals surface area (Å²) >= 11 is 0. The van der Waals surface area contributed by atoms with Crippen LogP contribution in [0.2, 0.25) is 0 Å². The zero-order chi connectivity index (χ0) is 21.8. The molecule has 1 aliphatic rings. The lowest BCUT2D eigenvalue weighted by Crippen LogP contribution is -2.58. The Hall–Kier alpha value is -3.00. The lowest BCUT2D eigenvalue weighted by molar-refractivity contribution is -0.385. The summed E-state index contributed by atoms with van der Waals surface area (Å²) in [5.41, 5.74) is 1.62. The molecule has 3 rings (SSSR count). The Bertz CT molecular complexity index is 919. The third-order valence-electron chi connectivity index (χ3n) is 5.40. The number of rotatable bonds is 6. The van der Waals surface area contributed by atoms with E-state index in [-0.39, 0.29) is 41.9 Å². The van der Waals surface area contributed by atoms with Gasteiger partial charge in [0.1, 0.15) is 5.82 Å². The summed E-state index contributed by atoms with van der Waals surface area (Å²) in [6, 6.07) is 11.2. The zero-order valence-corrected chi connectivity index (χ0v) is 17.4. The number of amides is 1. The zero-order valence-electron chi connectivity index (χ0n) is 17.4. The highest BCUT2D eigenvalue weighted by molar-refractivity contribution is 5.78. The molecule has 0 radical (unpaired) electrons. The van der Waals surface area contributed by atoms with Crippen molar-refractivity contribution in [2.24, 2.45) is 0 Å². The second kappa shape index (κ2) is 9.21. The van der Waals surface area contributed by atoms with Gasteiger partial charge in [0.05, 0.1) is 4.92 Å². The van der Waals surface area contributed by atoms with Crippen LogP contribution in [0.3, 0.4) is 0 Å². The van der Waals surface area contributed by atoms with E-state index in [9.17, 15) is 19.3 Å². The highest BCUT2D eigenvalue weighted by Crippen LogP contribution is 2.28. The molecule has 0 bridgehead atoms. The van der Waals surface area contributed by atoms with Crippen LogP contribution in [-0.2, 0) is 11.3 Å². The van der Waals surface area contributed by atoms with E-state index in [0.717, 1.165) is 11.1 Å². The number of nitro benzene ring substituents is 1. The van der Waals surface area contributed by atoms with Crippen molar-refractivity contribution in [2.45, 2.75) is 39.4 Å². The highest BCUT2D eigenvalue weighted by atomic mass is 19.1. The van der Waals surface area contributed by atoms with Gasteiger partial charge >= 0.3 is 5.69 Å². The van der Waals surface area contributed by atoms with E-state index in [0.29, 0.717) is 19.6 Å². The van der Waals surface area contributed by atoms with Gasteiger partial charge in [-0.3, -0.25) is 19.8 Å². The summed E-state index contributed by atoms with van der Waals surface area (Å²) in [5.74, 6) is -0.371. The van der Waals surface area contributed by atoms with Gasteiger partial charge in [-0.2, -0.15) is 0 Å². The fraction of sp³-hybridized carbons (Fsp3) is 0.409. The third kappa shape index (κ3) is 5.13. The minimum absolute atomic E-state index is 0.0363. The molecule has 160 valence electrons. The topological polar surface area (TPSA) is 75.9 Å². The molecule has 2 unspecified atom stereocenters. The second-order valence-corrected chi connectivity index (χ2v) is 7.82. The van der Waals surface area contributed by atoms with Gasteiger partial charge in [-0.25, -0.2) is 4.39 Å². The molecule has 7 nitrogen and oxygen atoms in total. The molecule has 30 heavy (non-hydrogen) atoms. The van der Waals surface area contributed by atoms with Crippen LogP contribution in [0.1, 0.15) is 25.0 Å². The number of hydrogen-bond acceptors (Lipinski definition) is 5. The standard InChI is InChI=1S/C22H26FN3O4/c1-15-4-9-21(20(10-15)26(28)29)30-14-22(27)25-12-16(2)24(11-17(25)3)13-18-5-7-19(23)8-6-18/h4-10,16-17H,11-14H2,1-3H3. The van der Waals surface area contributed by atoms with Gasteiger partial charge in [-0.1, -0.05) is 18.2 Å². The summed E-state index contributed by atoms with van der Waals surface area (Å²) < 4.78 is 18.6. The number of nitro groups is 1. The van der Waals surface area contributed by atoms with E-state index < -0.39 is 4.92 Å². The van der Waals surface area contributed by atoms with E-state index in [1.54, 1.807) is 30.0 Å². The maximum absolute atomic E-state index is 13.1. The monoisotopic (exact) mass is 415 g/mol. The van der Waals surface area contributed by atoms with E-state index in [1.165, 1.54) is 24.3 Å². The lowest BCUT2D eigenvalue weighted by atomic mass is 10.1. The van der Waals surface area contributed by atoms with Crippen molar-refractivity contribution in [3.63, 3.8) is 0 Å². The van der Waals surface area contributed by atoms with Crippen molar-refractivity contribution in [3.8, 4) is 5.75 Å². The predicted molar refractivity (Wildman–Crippen MR) is 111 cm³/mol. The van der Waals surface area contributed by atoms with Crippen LogP contribution in [-0.4, -0.2) is 52.4 Å². The number of aryl methyl sites for hydroxylation is 1. The van der Waals surface area contributed by atoms with Gasteiger partial charge in [-0.05, 0) is 50.1 Å². The minimum Gasteiger partial charge on any atom is -0.477 e. The molecule has 1 fully saturated rings.